The van der Waals surface area contributed by atoms with E-state index in [2.05, 4.69) is 11.8 Å². The summed E-state index contributed by atoms with van der Waals surface area (Å²) in [5.74, 6) is 2.49. The van der Waals surface area contributed by atoms with Gasteiger partial charge in [-0.15, -0.1) is 0 Å². The van der Waals surface area contributed by atoms with E-state index in [4.69, 9.17) is 4.74 Å². The fraction of sp³-hybridized carbons (Fsp3) is 0.0625. The lowest BCUT2D eigenvalue weighted by molar-refractivity contribution is 0.105. The number of carbonyl (C=O) groups excluding carboxylic acids is 1. The van der Waals surface area contributed by atoms with Gasteiger partial charge in [-0.05, 0) is 12.0 Å². The lowest BCUT2D eigenvalue weighted by atomic mass is 10.1. The molecule has 2 aromatic rings. The van der Waals surface area contributed by atoms with Crippen LogP contribution in [-0.4, -0.2) is 12.9 Å². The number of hydrogen-bond acceptors (Lipinski definition) is 2. The molecule has 0 radical (unpaired) electrons. The molecule has 0 fully saturated rings. The third kappa shape index (κ3) is 3.01. The molecule has 20 heavy (non-hydrogen) atoms. The minimum Gasteiger partial charge on any atom is -0.495 e. The van der Waals surface area contributed by atoms with E-state index in [0.717, 1.165) is 12.1 Å². The van der Waals surface area contributed by atoms with E-state index in [0.29, 0.717) is 5.56 Å². The minimum atomic E-state index is -1.04. The maximum atomic E-state index is 13.2. The molecule has 0 saturated heterocycles. The van der Waals surface area contributed by atoms with Gasteiger partial charge in [-0.1, -0.05) is 36.3 Å². The second-order valence-electron chi connectivity index (χ2n) is 3.91. The first-order valence-corrected chi connectivity index (χ1v) is 5.76. The monoisotopic (exact) mass is 272 g/mol. The van der Waals surface area contributed by atoms with Crippen molar-refractivity contribution in [2.45, 2.75) is 0 Å². The van der Waals surface area contributed by atoms with Crippen LogP contribution in [0.3, 0.4) is 0 Å². The predicted octanol–water partition coefficient (Wildman–Crippen LogP) is 3.21. The predicted molar refractivity (Wildman–Crippen MR) is 70.6 cm³/mol. The molecule has 0 spiro atoms. The van der Waals surface area contributed by atoms with Gasteiger partial charge in [0.05, 0.1) is 12.7 Å². The molecule has 0 aromatic heterocycles. The highest BCUT2D eigenvalue weighted by molar-refractivity contribution is 6.09. The Bertz CT molecular complexity index is 698. The molecule has 0 atom stereocenters. The second-order valence-corrected chi connectivity index (χ2v) is 3.91. The summed E-state index contributed by atoms with van der Waals surface area (Å²) in [7, 11) is 1.32. The highest BCUT2D eigenvalue weighted by Gasteiger charge is 2.09. The van der Waals surface area contributed by atoms with Gasteiger partial charge in [0.2, 0.25) is 5.78 Å². The Balaban J connectivity index is 2.34. The molecular weight excluding hydrogens is 262 g/mol. The molecule has 0 aliphatic rings. The van der Waals surface area contributed by atoms with Gasteiger partial charge in [0, 0.05) is 11.6 Å². The van der Waals surface area contributed by atoms with Gasteiger partial charge in [0.1, 0.15) is 5.75 Å². The Morgan fingerprint density at radius 1 is 1.10 bits per heavy atom. The van der Waals surface area contributed by atoms with Crippen LogP contribution in [0, 0.1) is 23.5 Å². The molecule has 4 heteroatoms. The van der Waals surface area contributed by atoms with E-state index >= 15 is 0 Å². The smallest absolute Gasteiger partial charge is 0.236 e. The molecule has 0 saturated carbocycles. The maximum Gasteiger partial charge on any atom is 0.236 e. The third-order valence-corrected chi connectivity index (χ3v) is 2.59. The first-order valence-electron chi connectivity index (χ1n) is 5.76. The zero-order valence-corrected chi connectivity index (χ0v) is 10.6. The lowest BCUT2D eigenvalue weighted by Gasteiger charge is -2.03. The number of rotatable bonds is 2. The topological polar surface area (TPSA) is 26.3 Å². The highest BCUT2D eigenvalue weighted by Crippen LogP contribution is 2.21. The fourth-order valence-electron chi connectivity index (χ4n) is 1.58. The number of carbonyl (C=O) groups is 1. The van der Waals surface area contributed by atoms with Crippen LogP contribution in [0.2, 0.25) is 0 Å². The van der Waals surface area contributed by atoms with Crippen LogP contribution in [0.1, 0.15) is 15.9 Å². The molecule has 100 valence electrons. The van der Waals surface area contributed by atoms with Crippen LogP contribution in [0.15, 0.2) is 42.5 Å². The molecule has 0 N–H and O–H groups in total. The van der Waals surface area contributed by atoms with Gasteiger partial charge in [-0.2, -0.15) is 0 Å². The van der Waals surface area contributed by atoms with Crippen molar-refractivity contribution in [2.24, 2.45) is 0 Å². The van der Waals surface area contributed by atoms with Crippen LogP contribution in [0.5, 0.6) is 5.75 Å². The van der Waals surface area contributed by atoms with Gasteiger partial charge >= 0.3 is 0 Å². The van der Waals surface area contributed by atoms with Crippen molar-refractivity contribution >= 4 is 5.78 Å². The number of Topliss-reactive ketones (excluding diaryl/α,β-unsaturated/α-hetero) is 1. The summed E-state index contributed by atoms with van der Waals surface area (Å²) in [6, 6.07) is 10.3. The largest absolute Gasteiger partial charge is 0.495 e. The number of halogens is 2. The Labute approximate surface area is 115 Å². The third-order valence-electron chi connectivity index (χ3n) is 2.59. The Kier molecular flexibility index (Phi) is 4.11. The molecule has 0 aliphatic carbocycles. The van der Waals surface area contributed by atoms with E-state index in [9.17, 15) is 13.6 Å². The zero-order valence-electron chi connectivity index (χ0n) is 10.6. The Morgan fingerprint density at radius 3 is 2.40 bits per heavy atom. The van der Waals surface area contributed by atoms with Crippen molar-refractivity contribution in [1.29, 1.82) is 0 Å². The molecule has 2 aromatic carbocycles. The van der Waals surface area contributed by atoms with Crippen molar-refractivity contribution in [3.05, 3.63) is 65.2 Å². The van der Waals surface area contributed by atoms with Crippen LogP contribution in [0.4, 0.5) is 8.78 Å². The van der Waals surface area contributed by atoms with Gasteiger partial charge < -0.3 is 4.74 Å². The van der Waals surface area contributed by atoms with Crippen LogP contribution >= 0.6 is 0 Å². The molecule has 0 amide bonds. The molecule has 0 heterocycles. The summed E-state index contributed by atoms with van der Waals surface area (Å²) in [4.78, 5) is 11.8. The van der Waals surface area contributed by atoms with Gasteiger partial charge in [0.25, 0.3) is 0 Å². The molecule has 0 aliphatic heterocycles. The molecule has 0 unspecified atom stereocenters. The zero-order chi connectivity index (χ0) is 14.5. The Hall–Kier alpha value is -2.67. The van der Waals surface area contributed by atoms with E-state index < -0.39 is 17.4 Å². The van der Waals surface area contributed by atoms with E-state index in [1.54, 1.807) is 30.3 Å². The summed E-state index contributed by atoms with van der Waals surface area (Å²) in [6.45, 7) is 0. The van der Waals surface area contributed by atoms with Crippen LogP contribution in [0.25, 0.3) is 0 Å². The van der Waals surface area contributed by atoms with E-state index in [1.165, 1.54) is 7.11 Å². The second kappa shape index (κ2) is 5.98. The summed E-state index contributed by atoms with van der Waals surface area (Å²) in [5.41, 5.74) is 0.553. The van der Waals surface area contributed by atoms with E-state index in [1.807, 2.05) is 0 Å². The average molecular weight is 272 g/mol. The van der Waals surface area contributed by atoms with Crippen LogP contribution < -0.4 is 4.74 Å². The average Bonchev–Trinajstić information content (AvgIpc) is 2.48. The quantitative estimate of drug-likeness (QED) is 0.620. The summed E-state index contributed by atoms with van der Waals surface area (Å²) in [6.07, 6.45) is 0. The SMILES string of the molecule is COc1cc(F)c(F)cc1C#CC(=O)c1ccccc1. The molecule has 2 rings (SSSR count). The first-order chi connectivity index (χ1) is 9.61. The number of ether oxygens (including phenoxy) is 1. The van der Waals surface area contributed by atoms with Crippen LogP contribution in [-0.2, 0) is 0 Å². The van der Waals surface area contributed by atoms with Crippen molar-refractivity contribution < 1.29 is 18.3 Å². The number of hydrogen-bond donors (Lipinski definition) is 0. The van der Waals surface area contributed by atoms with Crippen molar-refractivity contribution in [1.82, 2.24) is 0 Å². The molecule has 2 nitrogen and oxygen atoms in total. The van der Waals surface area contributed by atoms with E-state index in [-0.39, 0.29) is 11.3 Å². The highest BCUT2D eigenvalue weighted by atomic mass is 19.2. The molecule has 0 bridgehead atoms. The van der Waals surface area contributed by atoms with Gasteiger partial charge in [-0.25, -0.2) is 8.78 Å². The van der Waals surface area contributed by atoms with Gasteiger partial charge in [0.15, 0.2) is 11.6 Å². The normalized spacial score (nSPS) is 9.55. The van der Waals surface area contributed by atoms with Crippen molar-refractivity contribution in [3.63, 3.8) is 0 Å². The van der Waals surface area contributed by atoms with Gasteiger partial charge in [-0.3, -0.25) is 4.79 Å². The summed E-state index contributed by atoms with van der Waals surface area (Å²) >= 11 is 0. The number of benzene rings is 2. The van der Waals surface area contributed by atoms with Crippen molar-refractivity contribution in [3.8, 4) is 17.6 Å². The fourth-order valence-corrected chi connectivity index (χ4v) is 1.58. The lowest BCUT2D eigenvalue weighted by Crippen LogP contribution is -1.96. The maximum absolute atomic E-state index is 13.2. The molecular formula is C16H10F2O2. The summed E-state index contributed by atoms with van der Waals surface area (Å²) in [5, 5.41) is 0. The minimum absolute atomic E-state index is 0.0808. The number of ketones is 1. The Morgan fingerprint density at radius 2 is 1.75 bits per heavy atom. The number of methoxy groups -OCH3 is 1. The first kappa shape index (κ1) is 13.8. The summed E-state index contributed by atoms with van der Waals surface area (Å²) < 4.78 is 31.1. The van der Waals surface area contributed by atoms with Crippen molar-refractivity contribution in [2.75, 3.05) is 7.11 Å². The standard InChI is InChI=1S/C16H10F2O2/c1-20-16-10-14(18)13(17)9-12(16)7-8-15(19)11-5-3-2-4-6-11/h2-6,9-10H,1H3.